The number of carbonyl (C=O) groups is 4. The van der Waals surface area contributed by atoms with Crippen molar-refractivity contribution >= 4 is 39.9 Å². The molecule has 23 heteroatoms. The molecule has 4 heterocycles. The fourth-order valence-corrected chi connectivity index (χ4v) is 5.78. The Bertz CT molecular complexity index is 1620. The highest BCUT2D eigenvalue weighted by Crippen LogP contribution is 2.32. The zero-order chi connectivity index (χ0) is 38.9. The van der Waals surface area contributed by atoms with Gasteiger partial charge in [0.15, 0.2) is 0 Å². The number of Topliss-reactive ketones (excluding diaryl/α,β-unsaturated/α-hetero) is 1. The van der Waals surface area contributed by atoms with Crippen LogP contribution in [0.1, 0.15) is 75.3 Å². The van der Waals surface area contributed by atoms with Gasteiger partial charge in [-0.15, -0.1) is 4.52 Å². The van der Waals surface area contributed by atoms with Crippen molar-refractivity contribution in [1.82, 2.24) is 25.4 Å². The molecule has 4 rings (SSSR count). The zero-order valence-corrected chi connectivity index (χ0v) is 28.0. The molecule has 4 N–H and O–H groups in total. The van der Waals surface area contributed by atoms with E-state index >= 15 is 0 Å². The van der Waals surface area contributed by atoms with E-state index in [0.29, 0.717) is 30.1 Å². The Labute approximate surface area is 287 Å². The molecule has 0 radical (unpaired) electrons. The number of carbonyl (C=O) groups excluding carboxylic acids is 4. The monoisotopic (exact) mass is 767 g/mol. The Morgan fingerprint density at radius 3 is 2.02 bits per heavy atom. The largest absolute Gasteiger partial charge is 0.542 e. The van der Waals surface area contributed by atoms with Crippen molar-refractivity contribution in [3.8, 4) is 10.6 Å². The van der Waals surface area contributed by atoms with Gasteiger partial charge in [0.1, 0.15) is 34.1 Å². The summed E-state index contributed by atoms with van der Waals surface area (Å²) < 4.78 is 103. The molecule has 0 saturated carbocycles. The van der Waals surface area contributed by atoms with E-state index in [0.717, 1.165) is 61.4 Å². The van der Waals surface area contributed by atoms with E-state index < -0.39 is 36.3 Å². The zero-order valence-electron chi connectivity index (χ0n) is 27.2. The summed E-state index contributed by atoms with van der Waals surface area (Å²) in [6, 6.07) is -0.321. The fourth-order valence-electron chi connectivity index (χ4n) is 4.73. The molecule has 1 aliphatic heterocycles. The minimum atomic E-state index is -5.19. The van der Waals surface area contributed by atoms with Crippen LogP contribution < -0.4 is 24.9 Å². The number of piperidine rings is 1. The predicted octanol–water partition coefficient (Wildman–Crippen LogP) is 1.15. The van der Waals surface area contributed by atoms with E-state index in [9.17, 15) is 49.1 Å². The Balaban J connectivity index is 0.000000543. The molecule has 286 valence electrons. The van der Waals surface area contributed by atoms with Gasteiger partial charge in [0.05, 0.1) is 38.1 Å². The first kappa shape index (κ1) is 42.9. The number of H-pyrrole nitrogens is 2. The molecule has 3 aromatic rings. The summed E-state index contributed by atoms with van der Waals surface area (Å²) in [5.74, 6) is -6.27. The van der Waals surface area contributed by atoms with Crippen LogP contribution in [0, 0.1) is 12.8 Å². The number of unbranched alkanes of at least 4 members (excludes halogenated alkanes) is 2. The number of quaternary nitrogens is 1. The molecule has 1 atom stereocenters. The van der Waals surface area contributed by atoms with Crippen molar-refractivity contribution in [3.63, 3.8) is 0 Å². The third-order valence-corrected chi connectivity index (χ3v) is 8.60. The van der Waals surface area contributed by atoms with Gasteiger partial charge in [-0.2, -0.15) is 44.6 Å². The van der Waals surface area contributed by atoms with E-state index in [-0.39, 0.29) is 28.6 Å². The number of likely N-dealkylation sites (tertiary alicyclic amines) is 1. The highest BCUT2D eigenvalue weighted by atomic mass is 32.1. The third kappa shape index (κ3) is 13.4. The van der Waals surface area contributed by atoms with E-state index in [1.165, 1.54) is 9.42 Å². The van der Waals surface area contributed by atoms with Crippen LogP contribution in [0.15, 0.2) is 6.20 Å². The van der Waals surface area contributed by atoms with E-state index in [1.54, 1.807) is 20.0 Å². The Morgan fingerprint density at radius 2 is 1.55 bits per heavy atom. The minimum Gasteiger partial charge on any atom is -0.542 e. The van der Waals surface area contributed by atoms with Crippen molar-refractivity contribution in [2.45, 2.75) is 83.4 Å². The number of rotatable bonds is 10. The second-order valence-electron chi connectivity index (χ2n) is 11.6. The number of aliphatic carboxylic acids is 2. The van der Waals surface area contributed by atoms with E-state index in [4.69, 9.17) is 19.8 Å². The van der Waals surface area contributed by atoms with Crippen molar-refractivity contribution in [2.75, 3.05) is 20.1 Å². The molecule has 0 unspecified atom stereocenters. The number of amides is 1. The van der Waals surface area contributed by atoms with Gasteiger partial charge in [-0.25, -0.2) is 4.98 Å². The molecule has 0 spiro atoms. The number of nitrogens with one attached hydrogen (secondary N) is 4. The first-order valence-corrected chi connectivity index (χ1v) is 15.9. The normalized spacial score (nSPS) is 17.1. The van der Waals surface area contributed by atoms with Gasteiger partial charge in [0, 0.05) is 32.1 Å². The highest BCUT2D eigenvalue weighted by molar-refractivity contribution is 7.19. The lowest BCUT2D eigenvalue weighted by molar-refractivity contribution is -0.885. The summed E-state index contributed by atoms with van der Waals surface area (Å²) in [4.78, 5) is 55.8. The number of ketones is 1. The summed E-state index contributed by atoms with van der Waals surface area (Å²) >= 11 is 1.13. The summed E-state index contributed by atoms with van der Waals surface area (Å²) in [7, 11) is 2.13. The van der Waals surface area contributed by atoms with Gasteiger partial charge in [-0.3, -0.25) is 4.79 Å². The van der Waals surface area contributed by atoms with Crippen LogP contribution in [0.2, 0.25) is 0 Å². The molecular formula is C28H34F9N7O6S. The first-order chi connectivity index (χ1) is 23.4. The summed E-state index contributed by atoms with van der Waals surface area (Å²) in [5, 5.41) is 23.1. The number of aryl methyl sites for hydroxylation is 1. The second-order valence-corrected chi connectivity index (χ2v) is 12.5. The second kappa shape index (κ2) is 17.8. The van der Waals surface area contributed by atoms with Gasteiger partial charge < -0.3 is 39.8 Å². The molecular weight excluding hydrogens is 733 g/mol. The van der Waals surface area contributed by atoms with E-state index in [2.05, 4.69) is 32.4 Å². The smallest absolute Gasteiger partial charge is 0.478 e. The van der Waals surface area contributed by atoms with Crippen LogP contribution in [0.25, 0.3) is 15.5 Å². The fraction of sp³-hybridized carbons (Fsp3) is 0.607. The lowest BCUT2D eigenvalue weighted by atomic mass is 9.95. The van der Waals surface area contributed by atoms with E-state index in [1.807, 2.05) is 0 Å². The van der Waals surface area contributed by atoms with Crippen molar-refractivity contribution < 1.29 is 78.3 Å². The molecule has 0 aliphatic carbocycles. The third-order valence-electron chi connectivity index (χ3n) is 7.42. The Kier molecular flexibility index (Phi) is 14.9. The number of imidazole rings is 1. The van der Waals surface area contributed by atoms with Gasteiger partial charge in [-0.1, -0.05) is 12.8 Å². The first-order valence-electron chi connectivity index (χ1n) is 15.1. The lowest BCUT2D eigenvalue weighted by Gasteiger charge is -2.27. The van der Waals surface area contributed by atoms with Crippen LogP contribution in [0.5, 0.6) is 0 Å². The molecule has 0 aromatic carbocycles. The van der Waals surface area contributed by atoms with Gasteiger partial charge in [0.25, 0.3) is 0 Å². The Morgan fingerprint density at radius 1 is 1.00 bits per heavy atom. The summed E-state index contributed by atoms with van der Waals surface area (Å²) in [6.07, 6.45) is -7.88. The highest BCUT2D eigenvalue weighted by Gasteiger charge is 2.42. The molecule has 0 bridgehead atoms. The molecule has 1 aliphatic rings. The number of aromatic amines is 2. The number of carboxylic acid groups (broad SMARTS) is 2. The molecule has 1 amide bonds. The molecule has 13 nitrogen and oxygen atoms in total. The quantitative estimate of drug-likeness (QED) is 0.134. The maximum absolute atomic E-state index is 13.1. The maximum Gasteiger partial charge on any atom is 0.478 e. The summed E-state index contributed by atoms with van der Waals surface area (Å²) in [6.45, 7) is 5.23. The van der Waals surface area contributed by atoms with Crippen LogP contribution in [-0.4, -0.2) is 76.2 Å². The number of hydrogen-bond acceptors (Lipinski definition) is 9. The number of nitrogens with zero attached hydrogens (tertiary/aromatic N) is 3. The average Bonchev–Trinajstić information content (AvgIpc) is 3.72. The molecule has 3 aromatic heterocycles. The Hall–Kier alpha value is -4.28. The van der Waals surface area contributed by atoms with Gasteiger partial charge >= 0.3 is 29.3 Å². The predicted molar refractivity (Wildman–Crippen MR) is 153 cm³/mol. The molecule has 1 saturated heterocycles. The van der Waals surface area contributed by atoms with Gasteiger partial charge in [0.2, 0.25) is 5.91 Å². The van der Waals surface area contributed by atoms with Crippen LogP contribution in [0.3, 0.4) is 0 Å². The number of aromatic nitrogens is 5. The minimum absolute atomic E-state index is 0.0241. The number of carboxylic acids is 2. The van der Waals surface area contributed by atoms with Crippen molar-refractivity contribution in [1.29, 1.82) is 0 Å². The number of alkyl halides is 9. The van der Waals surface area contributed by atoms with Crippen LogP contribution in [0.4, 0.5) is 39.5 Å². The topological polar surface area (TPSA) is 192 Å². The molecule has 1 fully saturated rings. The summed E-state index contributed by atoms with van der Waals surface area (Å²) in [5.41, 5.74) is 1.24. The average molecular weight is 768 g/mol. The standard InChI is InChI=1S/C24H32F3N7O2S.2C2HF3O2/c1-14(35)7-5-4-6-8-17(30-21(36)16-9-11-33(3)12-10-16)20-28-13-18(29-20)19-15(2)34-23(37-19)31-22(32-34)24(25,26)27;2*3-2(4,5)1(6)7/h13,16-17H,4-12H2,1-3H3,(H2,28,29,30,36);2*(H,6,7)/t17-;;/m0../s1. The van der Waals surface area contributed by atoms with Crippen molar-refractivity contribution in [2.24, 2.45) is 5.92 Å². The number of fused-ring (bicyclic) bond motifs is 1. The number of halogens is 9. The van der Waals surface area contributed by atoms with Gasteiger partial charge in [-0.05, 0) is 36.1 Å². The van der Waals surface area contributed by atoms with Crippen LogP contribution in [-0.2, 0) is 25.4 Å². The lowest BCUT2D eigenvalue weighted by Crippen LogP contribution is -3.10. The number of thiazole rings is 1. The SMILES string of the molecule is CC(=O)CCCCC[C@H](NC(=O)C1CC[NH+](C)CC1)c1ncc(-c2sc3nc(C(F)(F)F)[nH][n+]3c2C)[nH]1.O=C([O-])C(F)(F)F.O=C([O-])C(F)(F)F. The number of hydrogen-bond donors (Lipinski definition) is 4. The van der Waals surface area contributed by atoms with Crippen molar-refractivity contribution in [3.05, 3.63) is 23.5 Å². The molecule has 51 heavy (non-hydrogen) atoms. The maximum atomic E-state index is 13.1. The van der Waals surface area contributed by atoms with Crippen LogP contribution >= 0.6 is 11.3 Å².